The van der Waals surface area contributed by atoms with Crippen molar-refractivity contribution in [1.29, 1.82) is 0 Å². The molecule has 1 N–H and O–H groups in total. The number of quaternary nitrogens is 1. The number of carbonyl (C=O) groups excluding carboxylic acids is 1. The van der Waals surface area contributed by atoms with E-state index in [2.05, 4.69) is 30.1 Å². The number of benzene rings is 2. The zero-order valence-corrected chi connectivity index (χ0v) is 15.7. The van der Waals surface area contributed by atoms with Gasteiger partial charge in [-0.05, 0) is 24.6 Å². The molecule has 1 amide bonds. The van der Waals surface area contributed by atoms with Gasteiger partial charge >= 0.3 is 0 Å². The number of thiazole rings is 1. The fraction of sp³-hybridized carbons (Fsp3) is 0.300. The standard InChI is InChI=1S/C20H23N3OS/c1-15(16-9-5-4-6-10-16)23(3)20(24)14-22(2)13-19-21-17-11-7-8-12-18(17)25-19/h4-12,15H,13-14H2,1-3H3/p+1/t15-/m0/s1. The number of rotatable bonds is 6. The molecule has 3 aromatic rings. The minimum atomic E-state index is 0.0731. The van der Waals surface area contributed by atoms with Crippen LogP contribution in [-0.2, 0) is 11.3 Å². The molecule has 2 atom stereocenters. The Hall–Kier alpha value is -2.24. The third-order valence-electron chi connectivity index (χ3n) is 4.50. The van der Waals surface area contributed by atoms with Crippen LogP contribution in [0.3, 0.4) is 0 Å². The van der Waals surface area contributed by atoms with Gasteiger partial charge in [0.15, 0.2) is 6.54 Å². The van der Waals surface area contributed by atoms with Crippen LogP contribution in [-0.4, -0.2) is 36.4 Å². The highest BCUT2D eigenvalue weighted by atomic mass is 32.1. The quantitative estimate of drug-likeness (QED) is 0.739. The van der Waals surface area contributed by atoms with Gasteiger partial charge in [0, 0.05) is 7.05 Å². The van der Waals surface area contributed by atoms with Gasteiger partial charge in [0.1, 0.15) is 11.6 Å². The third-order valence-corrected chi connectivity index (χ3v) is 5.54. The molecule has 25 heavy (non-hydrogen) atoms. The first kappa shape index (κ1) is 17.6. The smallest absolute Gasteiger partial charge is 0.278 e. The average Bonchev–Trinajstić information content (AvgIpc) is 3.03. The molecule has 5 heteroatoms. The van der Waals surface area contributed by atoms with Crippen molar-refractivity contribution in [3.8, 4) is 0 Å². The lowest BCUT2D eigenvalue weighted by molar-refractivity contribution is -0.885. The molecule has 1 unspecified atom stereocenters. The minimum Gasteiger partial charge on any atom is -0.334 e. The van der Waals surface area contributed by atoms with Crippen molar-refractivity contribution in [2.75, 3.05) is 20.6 Å². The maximum Gasteiger partial charge on any atom is 0.278 e. The van der Waals surface area contributed by atoms with Gasteiger partial charge < -0.3 is 9.80 Å². The number of nitrogens with one attached hydrogen (secondary N) is 1. The largest absolute Gasteiger partial charge is 0.334 e. The number of hydrogen-bond donors (Lipinski definition) is 1. The molecule has 0 radical (unpaired) electrons. The number of hydrogen-bond acceptors (Lipinski definition) is 3. The summed E-state index contributed by atoms with van der Waals surface area (Å²) in [5, 5.41) is 1.07. The van der Waals surface area contributed by atoms with Gasteiger partial charge in [-0.2, -0.15) is 0 Å². The maximum absolute atomic E-state index is 12.6. The normalized spacial score (nSPS) is 13.6. The van der Waals surface area contributed by atoms with E-state index in [-0.39, 0.29) is 11.9 Å². The lowest BCUT2D eigenvalue weighted by atomic mass is 10.1. The number of para-hydroxylation sites is 1. The molecule has 0 aliphatic heterocycles. The van der Waals surface area contributed by atoms with Crippen LogP contribution in [0.1, 0.15) is 23.5 Å². The monoisotopic (exact) mass is 354 g/mol. The van der Waals surface area contributed by atoms with Crippen LogP contribution < -0.4 is 4.90 Å². The Morgan fingerprint density at radius 3 is 2.56 bits per heavy atom. The van der Waals surface area contributed by atoms with Crippen molar-refractivity contribution in [3.05, 3.63) is 65.2 Å². The zero-order valence-electron chi connectivity index (χ0n) is 14.9. The number of aromatic nitrogens is 1. The van der Waals surface area contributed by atoms with Crippen LogP contribution in [0.5, 0.6) is 0 Å². The van der Waals surface area contributed by atoms with Crippen LogP contribution in [0.15, 0.2) is 54.6 Å². The third kappa shape index (κ3) is 4.24. The van der Waals surface area contributed by atoms with E-state index in [0.29, 0.717) is 6.54 Å². The van der Waals surface area contributed by atoms with Crippen molar-refractivity contribution < 1.29 is 9.69 Å². The van der Waals surface area contributed by atoms with E-state index >= 15 is 0 Å². The van der Waals surface area contributed by atoms with Crippen molar-refractivity contribution >= 4 is 27.5 Å². The lowest BCUT2D eigenvalue weighted by Gasteiger charge is -2.26. The average molecular weight is 354 g/mol. The van der Waals surface area contributed by atoms with Crippen molar-refractivity contribution in [2.45, 2.75) is 19.5 Å². The summed E-state index contributed by atoms with van der Waals surface area (Å²) in [7, 11) is 3.93. The topological polar surface area (TPSA) is 37.6 Å². The fourth-order valence-corrected chi connectivity index (χ4v) is 3.95. The molecule has 0 aliphatic carbocycles. The van der Waals surface area contributed by atoms with Gasteiger partial charge in [0.25, 0.3) is 5.91 Å². The molecule has 0 bridgehead atoms. The van der Waals surface area contributed by atoms with Crippen LogP contribution in [0.2, 0.25) is 0 Å². The van der Waals surface area contributed by atoms with E-state index in [4.69, 9.17) is 0 Å². The van der Waals surface area contributed by atoms with Crippen LogP contribution >= 0.6 is 11.3 Å². The summed E-state index contributed by atoms with van der Waals surface area (Å²) in [6.07, 6.45) is 0. The Bertz CT molecular complexity index is 813. The summed E-state index contributed by atoms with van der Waals surface area (Å²) in [4.78, 5) is 20.3. The molecule has 0 saturated carbocycles. The van der Waals surface area contributed by atoms with Gasteiger partial charge in [0.05, 0.1) is 23.3 Å². The molecule has 0 aliphatic rings. The highest BCUT2D eigenvalue weighted by Crippen LogP contribution is 2.21. The molecule has 0 fully saturated rings. The van der Waals surface area contributed by atoms with E-state index in [0.717, 1.165) is 27.5 Å². The Morgan fingerprint density at radius 2 is 1.84 bits per heavy atom. The number of amides is 1. The van der Waals surface area contributed by atoms with Crippen LogP contribution in [0, 0.1) is 0 Å². The molecule has 4 nitrogen and oxygen atoms in total. The summed E-state index contributed by atoms with van der Waals surface area (Å²) >= 11 is 1.71. The first-order chi connectivity index (χ1) is 12.0. The van der Waals surface area contributed by atoms with Gasteiger partial charge in [-0.1, -0.05) is 42.5 Å². The minimum absolute atomic E-state index is 0.0731. The number of fused-ring (bicyclic) bond motifs is 1. The molecule has 130 valence electrons. The predicted molar refractivity (Wildman–Crippen MR) is 103 cm³/mol. The van der Waals surface area contributed by atoms with Crippen LogP contribution in [0.4, 0.5) is 0 Å². The van der Waals surface area contributed by atoms with Gasteiger partial charge in [-0.25, -0.2) is 4.98 Å². The molecule has 1 aromatic heterocycles. The molecule has 1 heterocycles. The second-order valence-corrected chi connectivity index (χ2v) is 7.59. The maximum atomic E-state index is 12.6. The zero-order chi connectivity index (χ0) is 17.8. The van der Waals surface area contributed by atoms with E-state index in [9.17, 15) is 4.79 Å². The highest BCUT2D eigenvalue weighted by molar-refractivity contribution is 7.18. The van der Waals surface area contributed by atoms with E-state index in [1.807, 2.05) is 55.4 Å². The summed E-state index contributed by atoms with van der Waals surface area (Å²) in [5.41, 5.74) is 2.19. The van der Waals surface area contributed by atoms with Crippen LogP contribution in [0.25, 0.3) is 10.2 Å². The first-order valence-electron chi connectivity index (χ1n) is 8.51. The second-order valence-electron chi connectivity index (χ2n) is 6.48. The number of nitrogens with zero attached hydrogens (tertiary/aromatic N) is 2. The van der Waals surface area contributed by atoms with Crippen molar-refractivity contribution in [1.82, 2.24) is 9.88 Å². The highest BCUT2D eigenvalue weighted by Gasteiger charge is 2.21. The molecule has 0 saturated heterocycles. The van der Waals surface area contributed by atoms with E-state index < -0.39 is 0 Å². The van der Waals surface area contributed by atoms with E-state index in [1.165, 1.54) is 4.70 Å². The second kappa shape index (κ2) is 7.76. The Kier molecular flexibility index (Phi) is 5.46. The summed E-state index contributed by atoms with van der Waals surface area (Å²) in [6.45, 7) is 3.29. The SMILES string of the molecule is C[C@@H](c1ccccc1)N(C)C(=O)C[NH+](C)Cc1nc2ccccc2s1. The van der Waals surface area contributed by atoms with Crippen molar-refractivity contribution in [3.63, 3.8) is 0 Å². The number of likely N-dealkylation sites (N-methyl/N-ethyl adjacent to an activating group) is 2. The van der Waals surface area contributed by atoms with Crippen molar-refractivity contribution in [2.24, 2.45) is 0 Å². The molecular formula is C20H24N3OS+. The molecule has 3 rings (SSSR count). The summed E-state index contributed by atoms with van der Waals surface area (Å²) in [5.74, 6) is 0.148. The summed E-state index contributed by atoms with van der Waals surface area (Å²) < 4.78 is 1.20. The number of carbonyl (C=O) groups is 1. The van der Waals surface area contributed by atoms with Gasteiger partial charge in [-0.15, -0.1) is 11.3 Å². The molecule has 0 spiro atoms. The Labute approximate surface area is 152 Å². The van der Waals surface area contributed by atoms with Gasteiger partial charge in [-0.3, -0.25) is 4.79 Å². The predicted octanol–water partition coefficient (Wildman–Crippen LogP) is 2.53. The molecule has 2 aromatic carbocycles. The Morgan fingerprint density at radius 1 is 1.16 bits per heavy atom. The Balaban J connectivity index is 1.59. The lowest BCUT2D eigenvalue weighted by Crippen LogP contribution is -3.08. The van der Waals surface area contributed by atoms with E-state index in [1.54, 1.807) is 11.3 Å². The first-order valence-corrected chi connectivity index (χ1v) is 9.32. The summed E-state index contributed by atoms with van der Waals surface area (Å²) in [6, 6.07) is 18.4. The fourth-order valence-electron chi connectivity index (χ4n) is 2.87. The van der Waals surface area contributed by atoms with Gasteiger partial charge in [0.2, 0.25) is 0 Å². The molecular weight excluding hydrogens is 330 g/mol.